The molecular weight excluding hydrogens is 390 g/mol. The van der Waals surface area contributed by atoms with E-state index in [0.29, 0.717) is 16.1 Å². The van der Waals surface area contributed by atoms with Crippen LogP contribution in [0.1, 0.15) is 38.5 Å². The summed E-state index contributed by atoms with van der Waals surface area (Å²) in [5.41, 5.74) is 8.05. The van der Waals surface area contributed by atoms with Gasteiger partial charge in [-0.2, -0.15) is 0 Å². The average molecular weight is 414 g/mol. The van der Waals surface area contributed by atoms with Gasteiger partial charge in [0.05, 0.1) is 15.6 Å². The van der Waals surface area contributed by atoms with E-state index in [2.05, 4.69) is 14.3 Å². The standard InChI is InChI=1S/C21H24ClN5S/c22-18-15(23)4-3-5-16(18)28-17-14-25-20(27-13-10-24-19(17)27)26-11-8-21(9-12-26)6-1-2-7-21/h3-5,10,13-14H,1-2,6-9,11-12,23H2. The molecule has 0 amide bonds. The Morgan fingerprint density at radius 2 is 1.82 bits per heavy atom. The van der Waals surface area contributed by atoms with E-state index < -0.39 is 0 Å². The number of halogens is 1. The van der Waals surface area contributed by atoms with Crippen molar-refractivity contribution in [3.05, 3.63) is 41.8 Å². The minimum Gasteiger partial charge on any atom is -0.397 e. The zero-order valence-corrected chi connectivity index (χ0v) is 17.3. The van der Waals surface area contributed by atoms with Gasteiger partial charge < -0.3 is 10.6 Å². The number of nitrogen functional groups attached to an aromatic ring is 1. The number of hydrogen-bond donors (Lipinski definition) is 1. The van der Waals surface area contributed by atoms with E-state index in [4.69, 9.17) is 22.3 Å². The fraction of sp³-hybridized carbons (Fsp3) is 0.429. The fourth-order valence-corrected chi connectivity index (χ4v) is 5.90. The van der Waals surface area contributed by atoms with Crippen LogP contribution in [-0.2, 0) is 0 Å². The van der Waals surface area contributed by atoms with Crippen LogP contribution in [0.2, 0.25) is 5.02 Å². The number of fused-ring (bicyclic) bond motifs is 1. The molecule has 0 bridgehead atoms. The van der Waals surface area contributed by atoms with E-state index >= 15 is 0 Å². The van der Waals surface area contributed by atoms with Crippen LogP contribution < -0.4 is 10.6 Å². The van der Waals surface area contributed by atoms with Crippen molar-refractivity contribution in [3.63, 3.8) is 0 Å². The summed E-state index contributed by atoms with van der Waals surface area (Å²) in [6.07, 6.45) is 13.9. The topological polar surface area (TPSA) is 59.5 Å². The van der Waals surface area contributed by atoms with Crippen LogP contribution in [0.25, 0.3) is 5.65 Å². The number of imidazole rings is 1. The molecule has 5 nitrogen and oxygen atoms in total. The Labute approximate surface area is 174 Å². The Balaban J connectivity index is 1.43. The highest BCUT2D eigenvalue weighted by Gasteiger charge is 2.37. The summed E-state index contributed by atoms with van der Waals surface area (Å²) in [4.78, 5) is 13.7. The van der Waals surface area contributed by atoms with Gasteiger partial charge >= 0.3 is 0 Å². The van der Waals surface area contributed by atoms with Gasteiger partial charge in [-0.3, -0.25) is 4.40 Å². The van der Waals surface area contributed by atoms with Crippen molar-refractivity contribution in [1.82, 2.24) is 14.4 Å². The van der Waals surface area contributed by atoms with Gasteiger partial charge in [0.2, 0.25) is 5.95 Å². The normalized spacial score (nSPS) is 19.0. The maximum Gasteiger partial charge on any atom is 0.211 e. The number of piperidine rings is 1. The monoisotopic (exact) mass is 413 g/mol. The van der Waals surface area contributed by atoms with Gasteiger partial charge in [0.25, 0.3) is 0 Å². The number of rotatable bonds is 3. The minimum atomic E-state index is 0.583. The predicted octanol–water partition coefficient (Wildman–Crippen LogP) is 5.28. The van der Waals surface area contributed by atoms with Crippen molar-refractivity contribution < 1.29 is 0 Å². The van der Waals surface area contributed by atoms with Gasteiger partial charge in [0.15, 0.2) is 5.65 Å². The van der Waals surface area contributed by atoms with Crippen LogP contribution in [0, 0.1) is 5.41 Å². The van der Waals surface area contributed by atoms with Crippen LogP contribution in [0.3, 0.4) is 0 Å². The van der Waals surface area contributed by atoms with Crippen molar-refractivity contribution in [2.24, 2.45) is 5.41 Å². The molecule has 0 unspecified atom stereocenters. The van der Waals surface area contributed by atoms with Crippen molar-refractivity contribution in [3.8, 4) is 0 Å². The highest BCUT2D eigenvalue weighted by molar-refractivity contribution is 7.99. The van der Waals surface area contributed by atoms with Gasteiger partial charge in [-0.15, -0.1) is 0 Å². The first-order valence-corrected chi connectivity index (χ1v) is 11.1. The highest BCUT2D eigenvalue weighted by atomic mass is 35.5. The molecule has 2 aliphatic rings. The largest absolute Gasteiger partial charge is 0.397 e. The summed E-state index contributed by atoms with van der Waals surface area (Å²) < 4.78 is 2.11. The first-order chi connectivity index (χ1) is 13.7. The Morgan fingerprint density at radius 1 is 1.04 bits per heavy atom. The molecule has 5 rings (SSSR count). The van der Waals surface area contributed by atoms with E-state index in [1.165, 1.54) is 38.5 Å². The van der Waals surface area contributed by atoms with Gasteiger partial charge in [-0.1, -0.05) is 42.3 Å². The third-order valence-corrected chi connectivity index (χ3v) is 7.96. The minimum absolute atomic E-state index is 0.583. The predicted molar refractivity (Wildman–Crippen MR) is 115 cm³/mol. The van der Waals surface area contributed by atoms with Gasteiger partial charge in [-0.05, 0) is 43.2 Å². The molecule has 1 saturated carbocycles. The second-order valence-electron chi connectivity index (χ2n) is 8.00. The van der Waals surface area contributed by atoms with Crippen LogP contribution >= 0.6 is 23.4 Å². The molecule has 146 valence electrons. The molecule has 2 aromatic heterocycles. The van der Waals surface area contributed by atoms with Gasteiger partial charge in [0, 0.05) is 36.6 Å². The zero-order valence-electron chi connectivity index (χ0n) is 15.8. The number of aromatic nitrogens is 3. The molecule has 1 aliphatic carbocycles. The smallest absolute Gasteiger partial charge is 0.211 e. The molecule has 1 saturated heterocycles. The van der Waals surface area contributed by atoms with Crippen LogP contribution in [-0.4, -0.2) is 27.5 Å². The number of hydrogen-bond acceptors (Lipinski definition) is 5. The number of benzene rings is 1. The molecule has 2 N–H and O–H groups in total. The zero-order chi connectivity index (χ0) is 19.1. The van der Waals surface area contributed by atoms with E-state index in [1.807, 2.05) is 36.8 Å². The SMILES string of the molecule is Nc1cccc(Sc2cnc(N3CCC4(CCCC4)CC3)n3ccnc23)c1Cl. The van der Waals surface area contributed by atoms with Crippen molar-refractivity contribution in [1.29, 1.82) is 0 Å². The lowest BCUT2D eigenvalue weighted by Crippen LogP contribution is -2.40. The Bertz CT molecular complexity index is 1000. The highest BCUT2D eigenvalue weighted by Crippen LogP contribution is 2.46. The molecule has 3 aromatic rings. The van der Waals surface area contributed by atoms with Crippen molar-refractivity contribution in [2.75, 3.05) is 23.7 Å². The average Bonchev–Trinajstić information content (AvgIpc) is 3.37. The molecule has 2 fully saturated rings. The molecule has 1 spiro atoms. The third kappa shape index (κ3) is 3.12. The Kier molecular flexibility index (Phi) is 4.63. The van der Waals surface area contributed by atoms with Crippen LogP contribution in [0.4, 0.5) is 11.6 Å². The van der Waals surface area contributed by atoms with Crippen molar-refractivity contribution >= 4 is 40.6 Å². The molecule has 0 atom stereocenters. The number of anilines is 2. The van der Waals surface area contributed by atoms with E-state index in [0.717, 1.165) is 34.5 Å². The van der Waals surface area contributed by atoms with E-state index in [-0.39, 0.29) is 0 Å². The summed E-state index contributed by atoms with van der Waals surface area (Å²) in [6.45, 7) is 2.15. The molecule has 1 aliphatic heterocycles. The van der Waals surface area contributed by atoms with E-state index in [9.17, 15) is 0 Å². The van der Waals surface area contributed by atoms with Gasteiger partial charge in [-0.25, -0.2) is 9.97 Å². The molecule has 28 heavy (non-hydrogen) atoms. The summed E-state index contributed by atoms with van der Waals surface area (Å²) in [7, 11) is 0. The molecular formula is C21H24ClN5S. The lowest BCUT2D eigenvalue weighted by Gasteiger charge is -2.39. The second kappa shape index (κ2) is 7.16. The van der Waals surface area contributed by atoms with Crippen LogP contribution in [0.15, 0.2) is 46.6 Å². The quantitative estimate of drug-likeness (QED) is 0.592. The lowest BCUT2D eigenvalue weighted by molar-refractivity contribution is 0.225. The maximum absolute atomic E-state index is 6.38. The maximum atomic E-state index is 6.38. The summed E-state index contributed by atoms with van der Waals surface area (Å²) in [5.74, 6) is 0.989. The first kappa shape index (κ1) is 18.1. The molecule has 3 heterocycles. The second-order valence-corrected chi connectivity index (χ2v) is 9.46. The van der Waals surface area contributed by atoms with E-state index in [1.54, 1.807) is 11.8 Å². The van der Waals surface area contributed by atoms with Crippen molar-refractivity contribution in [2.45, 2.75) is 48.3 Å². The number of nitrogens with zero attached hydrogens (tertiary/aromatic N) is 4. The summed E-state index contributed by atoms with van der Waals surface area (Å²) in [5, 5.41) is 0.583. The molecule has 1 aromatic carbocycles. The molecule has 0 radical (unpaired) electrons. The Morgan fingerprint density at radius 3 is 2.61 bits per heavy atom. The fourth-order valence-electron chi connectivity index (χ4n) is 4.72. The first-order valence-electron chi connectivity index (χ1n) is 9.94. The number of nitrogens with two attached hydrogens (primary N) is 1. The lowest BCUT2D eigenvalue weighted by atomic mass is 9.77. The van der Waals surface area contributed by atoms with Gasteiger partial charge in [0.1, 0.15) is 0 Å². The summed E-state index contributed by atoms with van der Waals surface area (Å²) >= 11 is 7.94. The molecule has 7 heteroatoms. The Hall–Kier alpha value is -1.92. The van der Waals surface area contributed by atoms with Crippen LogP contribution in [0.5, 0.6) is 0 Å². The summed E-state index contributed by atoms with van der Waals surface area (Å²) in [6, 6.07) is 5.70. The third-order valence-electron chi connectivity index (χ3n) is 6.36.